The van der Waals surface area contributed by atoms with Gasteiger partial charge in [-0.3, -0.25) is 4.79 Å². The van der Waals surface area contributed by atoms with Crippen LogP contribution in [0, 0.1) is 0 Å². The molecule has 124 valence electrons. The molecule has 23 heavy (non-hydrogen) atoms. The number of primary amides is 1. The van der Waals surface area contributed by atoms with Crippen LogP contribution in [0.3, 0.4) is 0 Å². The third-order valence-electron chi connectivity index (χ3n) is 3.41. The molecule has 0 atom stereocenters. The normalized spacial score (nSPS) is 9.78. The zero-order valence-corrected chi connectivity index (χ0v) is 14.5. The fraction of sp³-hybridized carbons (Fsp3) is 0.316. The number of rotatable bonds is 8. The molecule has 0 aromatic heterocycles. The summed E-state index contributed by atoms with van der Waals surface area (Å²) in [6, 6.07) is 19.6. The Labute approximate surface area is 143 Å². The molecule has 0 aliphatic rings. The lowest BCUT2D eigenvalue weighted by Crippen LogP contribution is -2.18. The minimum atomic E-state index is 0.250. The summed E-state index contributed by atoms with van der Waals surface area (Å²) in [5, 5.41) is 3.53. The molecule has 0 unspecified atom stereocenters. The van der Waals surface area contributed by atoms with Crippen LogP contribution in [0.15, 0.2) is 59.5 Å². The molecule has 3 nitrogen and oxygen atoms in total. The number of aryl methyl sites for hydroxylation is 1. The summed E-state index contributed by atoms with van der Waals surface area (Å²) < 4.78 is 0. The third kappa shape index (κ3) is 9.06. The van der Waals surface area contributed by atoms with Gasteiger partial charge in [-0.2, -0.15) is 0 Å². The van der Waals surface area contributed by atoms with Crippen molar-refractivity contribution in [3.8, 4) is 0 Å². The Morgan fingerprint density at radius 2 is 1.57 bits per heavy atom. The van der Waals surface area contributed by atoms with Crippen LogP contribution in [0.4, 0.5) is 0 Å². The van der Waals surface area contributed by atoms with E-state index in [0.29, 0.717) is 0 Å². The lowest BCUT2D eigenvalue weighted by atomic mass is 10.1. The first-order chi connectivity index (χ1) is 11.3. The second kappa shape index (κ2) is 12.7. The minimum Gasteiger partial charge on any atom is -0.372 e. The van der Waals surface area contributed by atoms with Crippen LogP contribution in [-0.4, -0.2) is 25.8 Å². The van der Waals surface area contributed by atoms with Gasteiger partial charge in [-0.1, -0.05) is 42.5 Å². The zero-order chi connectivity index (χ0) is 16.8. The summed E-state index contributed by atoms with van der Waals surface area (Å²) in [7, 11) is 0. The summed E-state index contributed by atoms with van der Waals surface area (Å²) in [6.45, 7) is 2.16. The van der Waals surface area contributed by atoms with Gasteiger partial charge in [-0.25, -0.2) is 0 Å². The van der Waals surface area contributed by atoms with E-state index >= 15 is 0 Å². The van der Waals surface area contributed by atoms with E-state index < -0.39 is 0 Å². The Morgan fingerprint density at radius 1 is 0.957 bits per heavy atom. The fourth-order valence-electron chi connectivity index (χ4n) is 2.21. The first-order valence-electron chi connectivity index (χ1n) is 7.83. The van der Waals surface area contributed by atoms with E-state index in [4.69, 9.17) is 4.79 Å². The lowest BCUT2D eigenvalue weighted by molar-refractivity contribution is -0.106. The van der Waals surface area contributed by atoms with Crippen molar-refractivity contribution < 1.29 is 4.79 Å². The van der Waals surface area contributed by atoms with Crippen molar-refractivity contribution in [2.45, 2.75) is 24.2 Å². The van der Waals surface area contributed by atoms with Crippen LogP contribution in [-0.2, 0) is 17.6 Å². The van der Waals surface area contributed by atoms with Crippen LogP contribution < -0.4 is 11.1 Å². The van der Waals surface area contributed by atoms with Crippen molar-refractivity contribution >= 4 is 18.2 Å². The van der Waals surface area contributed by atoms with E-state index in [9.17, 15) is 0 Å². The van der Waals surface area contributed by atoms with Crippen LogP contribution in [0.1, 0.15) is 17.5 Å². The predicted octanol–water partition coefficient (Wildman–Crippen LogP) is 3.27. The average Bonchev–Trinajstić information content (AvgIpc) is 2.60. The van der Waals surface area contributed by atoms with Gasteiger partial charge in [0.2, 0.25) is 6.41 Å². The number of amides is 1. The number of nitrogens with two attached hydrogens (primary N) is 1. The van der Waals surface area contributed by atoms with E-state index in [1.165, 1.54) is 22.4 Å². The number of carbonyl (C=O) groups excluding carboxylic acids is 1. The number of nitrogens with one attached hydrogen (secondary N) is 1. The minimum absolute atomic E-state index is 0.250. The van der Waals surface area contributed by atoms with E-state index in [1.807, 2.05) is 0 Å². The van der Waals surface area contributed by atoms with Gasteiger partial charge >= 0.3 is 0 Å². The molecule has 2 aromatic carbocycles. The van der Waals surface area contributed by atoms with Crippen LogP contribution in [0.2, 0.25) is 0 Å². The standard InChI is InChI=1S/C18H23NS.CH3NO/c1-20-18-11-9-17(10-12-18)13-15-19-14-5-8-16-6-3-2-4-7-16;2-1-3/h2-4,6-7,9-12,19H,5,8,13-15H2,1H3;1H,(H2,2,3). The molecule has 0 saturated heterocycles. The summed E-state index contributed by atoms with van der Waals surface area (Å²) in [6.07, 6.45) is 5.84. The quantitative estimate of drug-likeness (QED) is 0.444. The first-order valence-corrected chi connectivity index (χ1v) is 9.05. The van der Waals surface area contributed by atoms with Crippen LogP contribution in [0.5, 0.6) is 0 Å². The SMILES string of the molecule is CSc1ccc(CCNCCCc2ccccc2)cc1.NC=O. The van der Waals surface area contributed by atoms with Crippen LogP contribution >= 0.6 is 11.8 Å². The Morgan fingerprint density at radius 3 is 2.17 bits per heavy atom. The topological polar surface area (TPSA) is 55.1 Å². The molecule has 1 amide bonds. The van der Waals surface area contributed by atoms with Crippen molar-refractivity contribution in [1.29, 1.82) is 0 Å². The summed E-state index contributed by atoms with van der Waals surface area (Å²) >= 11 is 1.79. The largest absolute Gasteiger partial charge is 0.372 e. The molecule has 0 fully saturated rings. The van der Waals surface area contributed by atoms with Crippen molar-refractivity contribution in [3.63, 3.8) is 0 Å². The number of carbonyl (C=O) groups is 1. The van der Waals surface area contributed by atoms with Gasteiger partial charge in [0, 0.05) is 4.90 Å². The summed E-state index contributed by atoms with van der Waals surface area (Å²) in [4.78, 5) is 9.92. The van der Waals surface area contributed by atoms with Gasteiger partial charge in [0.15, 0.2) is 0 Å². The molecule has 0 heterocycles. The van der Waals surface area contributed by atoms with Crippen molar-refractivity contribution in [2.24, 2.45) is 5.73 Å². The van der Waals surface area contributed by atoms with Gasteiger partial charge in [-0.05, 0) is 61.9 Å². The maximum absolute atomic E-state index is 8.58. The van der Waals surface area contributed by atoms with Gasteiger partial charge < -0.3 is 11.1 Å². The molecule has 3 N–H and O–H groups in total. The highest BCUT2D eigenvalue weighted by Crippen LogP contribution is 2.14. The molecule has 0 saturated carbocycles. The first kappa shape index (κ1) is 19.3. The molecule has 0 radical (unpaired) electrons. The maximum atomic E-state index is 8.58. The van der Waals surface area contributed by atoms with Gasteiger partial charge in [0.25, 0.3) is 0 Å². The second-order valence-electron chi connectivity index (χ2n) is 5.07. The third-order valence-corrected chi connectivity index (χ3v) is 4.15. The van der Waals surface area contributed by atoms with E-state index in [-0.39, 0.29) is 6.41 Å². The maximum Gasteiger partial charge on any atom is 0.204 e. The Hall–Kier alpha value is -1.78. The fourth-order valence-corrected chi connectivity index (χ4v) is 2.62. The predicted molar refractivity (Wildman–Crippen MR) is 99.8 cm³/mol. The Bertz CT molecular complexity index is 529. The number of benzene rings is 2. The van der Waals surface area contributed by atoms with E-state index in [2.05, 4.69) is 71.9 Å². The average molecular weight is 330 g/mol. The highest BCUT2D eigenvalue weighted by Gasteiger charge is 1.95. The number of thioether (sulfide) groups is 1. The van der Waals surface area contributed by atoms with E-state index in [1.54, 1.807) is 11.8 Å². The lowest BCUT2D eigenvalue weighted by Gasteiger charge is -2.06. The van der Waals surface area contributed by atoms with Gasteiger partial charge in [0.05, 0.1) is 0 Å². The molecule has 0 spiro atoms. The molecule has 0 bridgehead atoms. The second-order valence-corrected chi connectivity index (χ2v) is 5.95. The highest BCUT2D eigenvalue weighted by molar-refractivity contribution is 7.98. The number of hydrogen-bond acceptors (Lipinski definition) is 3. The zero-order valence-electron chi connectivity index (χ0n) is 13.7. The highest BCUT2D eigenvalue weighted by atomic mass is 32.2. The molecule has 4 heteroatoms. The molecule has 0 aliphatic heterocycles. The molecular weight excluding hydrogens is 304 g/mol. The van der Waals surface area contributed by atoms with Gasteiger partial charge in [-0.15, -0.1) is 11.8 Å². The monoisotopic (exact) mass is 330 g/mol. The van der Waals surface area contributed by atoms with Crippen molar-refractivity contribution in [2.75, 3.05) is 19.3 Å². The molecule has 2 aromatic rings. The van der Waals surface area contributed by atoms with Crippen LogP contribution in [0.25, 0.3) is 0 Å². The van der Waals surface area contributed by atoms with Gasteiger partial charge in [0.1, 0.15) is 0 Å². The van der Waals surface area contributed by atoms with Crippen molar-refractivity contribution in [3.05, 3.63) is 65.7 Å². The molecular formula is C19H26N2OS. The number of hydrogen-bond donors (Lipinski definition) is 2. The molecule has 0 aliphatic carbocycles. The summed E-state index contributed by atoms with van der Waals surface area (Å²) in [5.74, 6) is 0. The Balaban J connectivity index is 0.000000816. The smallest absolute Gasteiger partial charge is 0.204 e. The molecule has 2 rings (SSSR count). The Kier molecular flexibility index (Phi) is 10.7. The van der Waals surface area contributed by atoms with Crippen molar-refractivity contribution in [1.82, 2.24) is 5.32 Å². The van der Waals surface area contributed by atoms with E-state index in [0.717, 1.165) is 25.9 Å². The summed E-state index contributed by atoms with van der Waals surface area (Å²) in [5.41, 5.74) is 7.01.